The van der Waals surface area contributed by atoms with Gasteiger partial charge in [-0.05, 0) is 66.9 Å². The van der Waals surface area contributed by atoms with Gasteiger partial charge in [0.2, 0.25) is 0 Å². The molecule has 2 aromatic rings. The number of nitrogens with one attached hydrogen (secondary N) is 1. The van der Waals surface area contributed by atoms with Crippen molar-refractivity contribution in [1.82, 2.24) is 29.9 Å². The average Bonchev–Trinajstić information content (AvgIpc) is 3.37. The zero-order chi connectivity index (χ0) is 25.6. The van der Waals surface area contributed by atoms with Crippen LogP contribution in [0.1, 0.15) is 85.5 Å². The molecular formula is C32H42N6. The van der Waals surface area contributed by atoms with Crippen molar-refractivity contribution in [2.45, 2.75) is 76.7 Å². The lowest BCUT2D eigenvalue weighted by atomic mass is 9.85. The van der Waals surface area contributed by atoms with Gasteiger partial charge in [-0.3, -0.25) is 10.1 Å². The Labute approximate surface area is 227 Å². The quantitative estimate of drug-likeness (QED) is 0.467. The van der Waals surface area contributed by atoms with Gasteiger partial charge in [0.1, 0.15) is 0 Å². The Morgan fingerprint density at radius 1 is 0.895 bits per heavy atom. The fourth-order valence-electron chi connectivity index (χ4n) is 7.09. The van der Waals surface area contributed by atoms with Crippen molar-refractivity contribution in [2.24, 2.45) is 5.92 Å². The number of hydrogen-bond donors (Lipinski definition) is 1. The van der Waals surface area contributed by atoms with Crippen LogP contribution in [0.25, 0.3) is 5.70 Å². The van der Waals surface area contributed by atoms with E-state index in [0.717, 1.165) is 63.8 Å². The Kier molecular flexibility index (Phi) is 6.29. The highest BCUT2D eigenvalue weighted by molar-refractivity contribution is 5.64. The summed E-state index contributed by atoms with van der Waals surface area (Å²) < 4.78 is 0. The van der Waals surface area contributed by atoms with Gasteiger partial charge in [-0.1, -0.05) is 45.3 Å². The molecule has 6 nitrogen and oxygen atoms in total. The molecule has 0 unspecified atom stereocenters. The summed E-state index contributed by atoms with van der Waals surface area (Å²) in [5, 5.41) is 7.39. The van der Waals surface area contributed by atoms with Gasteiger partial charge in [0, 0.05) is 61.3 Å². The van der Waals surface area contributed by atoms with Crippen LogP contribution in [0.3, 0.4) is 0 Å². The third-order valence-corrected chi connectivity index (χ3v) is 9.71. The highest BCUT2D eigenvalue weighted by Crippen LogP contribution is 2.41. The van der Waals surface area contributed by atoms with E-state index in [0.29, 0.717) is 5.92 Å². The maximum Gasteiger partial charge on any atom is 0.0974 e. The minimum absolute atomic E-state index is 0.671. The molecule has 0 amide bonds. The number of aryl methyl sites for hydroxylation is 1. The molecular weight excluding hydrogens is 468 g/mol. The molecule has 1 N–H and O–H groups in total. The number of fused-ring (bicyclic) bond motifs is 1. The predicted molar refractivity (Wildman–Crippen MR) is 152 cm³/mol. The summed E-state index contributed by atoms with van der Waals surface area (Å²) in [4.78, 5) is 12.5. The molecule has 0 bridgehead atoms. The summed E-state index contributed by atoms with van der Waals surface area (Å²) in [6.45, 7) is 15.0. The Morgan fingerprint density at radius 3 is 2.42 bits per heavy atom. The van der Waals surface area contributed by atoms with Gasteiger partial charge in [-0.25, -0.2) is 0 Å². The summed E-state index contributed by atoms with van der Waals surface area (Å²) in [6, 6.07) is 4.70. The minimum Gasteiger partial charge on any atom is -0.363 e. The number of aromatic nitrogens is 3. The molecule has 0 aromatic carbocycles. The van der Waals surface area contributed by atoms with Gasteiger partial charge >= 0.3 is 0 Å². The molecule has 2 fully saturated rings. The first kappa shape index (κ1) is 24.1. The number of H-pyrrole nitrogens is 1. The second kappa shape index (κ2) is 9.94. The maximum atomic E-state index is 5.13. The van der Waals surface area contributed by atoms with Crippen LogP contribution in [-0.4, -0.2) is 62.6 Å². The molecule has 3 aliphatic heterocycles. The largest absolute Gasteiger partial charge is 0.363 e. The lowest BCUT2D eigenvalue weighted by Gasteiger charge is -2.36. The smallest absolute Gasteiger partial charge is 0.0974 e. The Morgan fingerprint density at radius 2 is 1.66 bits per heavy atom. The summed E-state index contributed by atoms with van der Waals surface area (Å²) in [5.41, 5.74) is 10.8. The molecule has 0 spiro atoms. The number of nitrogens with zero attached hydrogens (tertiary/aromatic N) is 5. The van der Waals surface area contributed by atoms with E-state index < -0.39 is 0 Å². The van der Waals surface area contributed by atoms with Crippen LogP contribution < -0.4 is 0 Å². The van der Waals surface area contributed by atoms with E-state index in [4.69, 9.17) is 4.98 Å². The molecule has 2 saturated carbocycles. The van der Waals surface area contributed by atoms with Crippen molar-refractivity contribution in [2.75, 3.05) is 32.7 Å². The summed E-state index contributed by atoms with van der Waals surface area (Å²) in [7, 11) is 0. The van der Waals surface area contributed by atoms with E-state index in [2.05, 4.69) is 50.2 Å². The number of pyridine rings is 1. The van der Waals surface area contributed by atoms with Crippen LogP contribution in [0.5, 0.6) is 0 Å². The molecule has 0 atom stereocenters. The van der Waals surface area contributed by atoms with E-state index in [9.17, 15) is 0 Å². The number of aromatic amines is 1. The lowest BCUT2D eigenvalue weighted by Crippen LogP contribution is -2.38. The Hall–Kier alpha value is -3.02. The lowest BCUT2D eigenvalue weighted by molar-refractivity contribution is 0.218. The molecule has 0 saturated heterocycles. The molecule has 5 aliphatic rings. The SMILES string of the molecule is C=C(c1cc(CCC2CCCCC2)nc(C2CC2)c1)N1CC2=C(C1)CN(C(=C)N1CCc3cn[nH]c3C1)C2. The first-order valence-corrected chi connectivity index (χ1v) is 15.0. The van der Waals surface area contributed by atoms with Crippen LogP contribution in [0.4, 0.5) is 0 Å². The maximum absolute atomic E-state index is 5.13. The van der Waals surface area contributed by atoms with Crippen molar-refractivity contribution in [3.05, 3.63) is 76.7 Å². The highest BCUT2D eigenvalue weighted by atomic mass is 15.4. The monoisotopic (exact) mass is 510 g/mol. The zero-order valence-electron chi connectivity index (χ0n) is 22.9. The van der Waals surface area contributed by atoms with Gasteiger partial charge in [-0.2, -0.15) is 5.10 Å². The normalized spacial score (nSPS) is 21.7. The van der Waals surface area contributed by atoms with E-state index in [1.165, 1.54) is 85.3 Å². The molecule has 38 heavy (non-hydrogen) atoms. The summed E-state index contributed by atoms with van der Waals surface area (Å²) in [5.74, 6) is 2.72. The minimum atomic E-state index is 0.671. The first-order chi connectivity index (χ1) is 18.6. The highest BCUT2D eigenvalue weighted by Gasteiger charge is 2.34. The summed E-state index contributed by atoms with van der Waals surface area (Å²) >= 11 is 0. The van der Waals surface area contributed by atoms with Crippen LogP contribution >= 0.6 is 0 Å². The average molecular weight is 511 g/mol. The topological polar surface area (TPSA) is 51.3 Å². The molecule has 7 rings (SSSR count). The van der Waals surface area contributed by atoms with Gasteiger partial charge < -0.3 is 14.7 Å². The van der Waals surface area contributed by atoms with E-state index in [-0.39, 0.29) is 0 Å². The summed E-state index contributed by atoms with van der Waals surface area (Å²) in [6.07, 6.45) is 15.1. The molecule has 2 aromatic heterocycles. The molecule has 200 valence electrons. The van der Waals surface area contributed by atoms with Crippen molar-refractivity contribution in [1.29, 1.82) is 0 Å². The van der Waals surface area contributed by atoms with Crippen LogP contribution in [0.15, 0.2) is 48.5 Å². The van der Waals surface area contributed by atoms with Crippen molar-refractivity contribution in [3.8, 4) is 0 Å². The molecule has 0 radical (unpaired) electrons. The van der Waals surface area contributed by atoms with Crippen LogP contribution in [-0.2, 0) is 19.4 Å². The zero-order valence-corrected chi connectivity index (χ0v) is 22.9. The number of hydrogen-bond acceptors (Lipinski definition) is 5. The van der Waals surface area contributed by atoms with Gasteiger partial charge in [-0.15, -0.1) is 0 Å². The van der Waals surface area contributed by atoms with Gasteiger partial charge in [0.15, 0.2) is 0 Å². The van der Waals surface area contributed by atoms with Crippen molar-refractivity contribution >= 4 is 5.70 Å². The second-order valence-electron chi connectivity index (χ2n) is 12.4. The van der Waals surface area contributed by atoms with Gasteiger partial charge in [0.05, 0.1) is 24.3 Å². The van der Waals surface area contributed by atoms with Gasteiger partial charge in [0.25, 0.3) is 0 Å². The first-order valence-electron chi connectivity index (χ1n) is 15.0. The van der Waals surface area contributed by atoms with Crippen molar-refractivity contribution < 1.29 is 0 Å². The van der Waals surface area contributed by atoms with E-state index in [1.807, 2.05) is 6.20 Å². The third kappa shape index (κ3) is 4.78. The van der Waals surface area contributed by atoms with E-state index >= 15 is 0 Å². The standard InChI is InChI=1S/C32H42N6/c1-22(27-14-30(34-31(15-27)25-9-10-25)11-8-24-6-4-3-5-7-24)37-17-28-19-38(20-29(28)18-37)23(2)36-13-12-26-16-33-35-32(26)21-36/h14-16,24-25H,1-13,17-21H2,(H,33,35). The molecule has 5 heterocycles. The third-order valence-electron chi connectivity index (χ3n) is 9.71. The fourth-order valence-corrected chi connectivity index (χ4v) is 7.09. The fraction of sp³-hybridized carbons (Fsp3) is 0.562. The molecule has 2 aliphatic carbocycles. The second-order valence-corrected chi connectivity index (χ2v) is 12.4. The Balaban J connectivity index is 0.981. The van der Waals surface area contributed by atoms with Crippen LogP contribution in [0.2, 0.25) is 0 Å². The van der Waals surface area contributed by atoms with Crippen molar-refractivity contribution in [3.63, 3.8) is 0 Å². The van der Waals surface area contributed by atoms with E-state index in [1.54, 1.807) is 11.1 Å². The molecule has 6 heteroatoms. The predicted octanol–water partition coefficient (Wildman–Crippen LogP) is 5.62. The Bertz CT molecular complexity index is 1240. The number of rotatable bonds is 8. The van der Waals surface area contributed by atoms with Crippen LogP contribution in [0, 0.1) is 5.92 Å².